The molecule has 3 rings (SSSR count). The van der Waals surface area contributed by atoms with Crippen molar-refractivity contribution in [2.75, 3.05) is 0 Å². The SMILES string of the molecule is Cc1ncncc1-c1nc(-c2ccc(Cl)cc2)no1. The molecule has 0 aliphatic rings. The molecular weight excluding hydrogens is 264 g/mol. The van der Waals surface area contributed by atoms with Gasteiger partial charge < -0.3 is 4.52 Å². The molecule has 0 fully saturated rings. The molecule has 0 bridgehead atoms. The Morgan fingerprint density at radius 2 is 1.95 bits per heavy atom. The lowest BCUT2D eigenvalue weighted by Gasteiger charge is -1.96. The number of aryl methyl sites for hydroxylation is 1. The van der Waals surface area contributed by atoms with Gasteiger partial charge in [-0.25, -0.2) is 9.97 Å². The van der Waals surface area contributed by atoms with Crippen LogP contribution in [0.3, 0.4) is 0 Å². The molecule has 2 aromatic heterocycles. The molecule has 5 nitrogen and oxygen atoms in total. The van der Waals surface area contributed by atoms with Crippen LogP contribution < -0.4 is 0 Å². The summed E-state index contributed by atoms with van der Waals surface area (Å²) in [5.74, 6) is 0.915. The summed E-state index contributed by atoms with van der Waals surface area (Å²) in [6.07, 6.45) is 3.14. The van der Waals surface area contributed by atoms with Crippen LogP contribution in [-0.4, -0.2) is 20.1 Å². The molecule has 0 atom stereocenters. The van der Waals surface area contributed by atoms with Gasteiger partial charge in [-0.3, -0.25) is 0 Å². The molecule has 94 valence electrons. The van der Waals surface area contributed by atoms with Crippen molar-refractivity contribution in [2.24, 2.45) is 0 Å². The molecule has 0 radical (unpaired) electrons. The Morgan fingerprint density at radius 3 is 2.68 bits per heavy atom. The monoisotopic (exact) mass is 272 g/mol. The Hall–Kier alpha value is -2.27. The molecule has 2 heterocycles. The minimum Gasteiger partial charge on any atom is -0.333 e. The molecule has 19 heavy (non-hydrogen) atoms. The van der Waals surface area contributed by atoms with E-state index in [0.717, 1.165) is 16.8 Å². The second-order valence-corrected chi connectivity index (χ2v) is 4.39. The summed E-state index contributed by atoms with van der Waals surface area (Å²) in [4.78, 5) is 12.4. The molecule has 0 unspecified atom stereocenters. The van der Waals surface area contributed by atoms with Crippen LogP contribution in [0.1, 0.15) is 5.69 Å². The molecule has 0 saturated carbocycles. The number of nitrogens with zero attached hydrogens (tertiary/aromatic N) is 4. The van der Waals surface area contributed by atoms with E-state index in [-0.39, 0.29) is 0 Å². The lowest BCUT2D eigenvalue weighted by atomic mass is 10.2. The first-order valence-electron chi connectivity index (χ1n) is 5.60. The fourth-order valence-electron chi connectivity index (χ4n) is 1.65. The second kappa shape index (κ2) is 4.78. The summed E-state index contributed by atoms with van der Waals surface area (Å²) in [5, 5.41) is 4.62. The highest BCUT2D eigenvalue weighted by Gasteiger charge is 2.13. The van der Waals surface area contributed by atoms with E-state index in [0.29, 0.717) is 16.7 Å². The molecule has 1 aromatic carbocycles. The molecule has 0 saturated heterocycles. The highest BCUT2D eigenvalue weighted by atomic mass is 35.5. The molecule has 0 spiro atoms. The number of aromatic nitrogens is 4. The average Bonchev–Trinajstić information content (AvgIpc) is 2.89. The van der Waals surface area contributed by atoms with Crippen molar-refractivity contribution < 1.29 is 4.52 Å². The van der Waals surface area contributed by atoms with Crippen LogP contribution in [0.25, 0.3) is 22.8 Å². The maximum absolute atomic E-state index is 5.84. The van der Waals surface area contributed by atoms with Crippen LogP contribution in [0, 0.1) is 6.92 Å². The average molecular weight is 273 g/mol. The van der Waals surface area contributed by atoms with Crippen LogP contribution in [0.2, 0.25) is 5.02 Å². The van der Waals surface area contributed by atoms with Gasteiger partial charge in [-0.1, -0.05) is 16.8 Å². The second-order valence-electron chi connectivity index (χ2n) is 3.95. The summed E-state index contributed by atoms with van der Waals surface area (Å²) in [7, 11) is 0. The Morgan fingerprint density at radius 1 is 1.16 bits per heavy atom. The minimum atomic E-state index is 0.406. The van der Waals surface area contributed by atoms with Crippen molar-refractivity contribution in [1.29, 1.82) is 0 Å². The van der Waals surface area contributed by atoms with Gasteiger partial charge in [0.25, 0.3) is 5.89 Å². The van der Waals surface area contributed by atoms with Gasteiger partial charge in [0.2, 0.25) is 5.82 Å². The first-order chi connectivity index (χ1) is 9.24. The number of benzene rings is 1. The fraction of sp³-hybridized carbons (Fsp3) is 0.0769. The first kappa shape index (κ1) is 11.8. The third-order valence-electron chi connectivity index (χ3n) is 2.67. The number of rotatable bonds is 2. The third-order valence-corrected chi connectivity index (χ3v) is 2.92. The van der Waals surface area contributed by atoms with Gasteiger partial charge in [0, 0.05) is 16.8 Å². The molecule has 0 amide bonds. The number of hydrogen-bond acceptors (Lipinski definition) is 5. The predicted molar refractivity (Wildman–Crippen MR) is 70.5 cm³/mol. The van der Waals surface area contributed by atoms with E-state index in [9.17, 15) is 0 Å². The number of hydrogen-bond donors (Lipinski definition) is 0. The molecule has 0 N–H and O–H groups in total. The molecule has 3 aromatic rings. The normalized spacial score (nSPS) is 10.6. The summed E-state index contributed by atoms with van der Waals surface area (Å²) in [6.45, 7) is 1.86. The lowest BCUT2D eigenvalue weighted by Crippen LogP contribution is -1.89. The van der Waals surface area contributed by atoms with Crippen LogP contribution in [0.15, 0.2) is 41.3 Å². The smallest absolute Gasteiger partial charge is 0.261 e. The van der Waals surface area contributed by atoms with Crippen LogP contribution in [0.5, 0.6) is 0 Å². The summed E-state index contributed by atoms with van der Waals surface area (Å²) in [6, 6.07) is 7.24. The van der Waals surface area contributed by atoms with Crippen LogP contribution >= 0.6 is 11.6 Å². The molecule has 0 aliphatic heterocycles. The largest absolute Gasteiger partial charge is 0.333 e. The van der Waals surface area contributed by atoms with E-state index in [1.807, 2.05) is 19.1 Å². The highest BCUT2D eigenvalue weighted by molar-refractivity contribution is 6.30. The third kappa shape index (κ3) is 2.32. The van der Waals surface area contributed by atoms with E-state index in [4.69, 9.17) is 16.1 Å². The van der Waals surface area contributed by atoms with Crippen molar-refractivity contribution in [3.05, 3.63) is 47.5 Å². The Kier molecular flexibility index (Phi) is 2.97. The van der Waals surface area contributed by atoms with Gasteiger partial charge in [-0.15, -0.1) is 0 Å². The fourth-order valence-corrected chi connectivity index (χ4v) is 1.78. The highest BCUT2D eigenvalue weighted by Crippen LogP contribution is 2.23. The lowest BCUT2D eigenvalue weighted by molar-refractivity contribution is 0.431. The Labute approximate surface area is 114 Å². The summed E-state index contributed by atoms with van der Waals surface area (Å²) >= 11 is 5.84. The van der Waals surface area contributed by atoms with Crippen molar-refractivity contribution in [3.63, 3.8) is 0 Å². The Bertz CT molecular complexity index is 709. The van der Waals surface area contributed by atoms with Gasteiger partial charge in [0.1, 0.15) is 6.33 Å². The maximum atomic E-state index is 5.84. The van der Waals surface area contributed by atoms with E-state index < -0.39 is 0 Å². The maximum Gasteiger partial charge on any atom is 0.261 e. The molecule has 6 heteroatoms. The quantitative estimate of drug-likeness (QED) is 0.717. The van der Waals surface area contributed by atoms with Gasteiger partial charge in [-0.05, 0) is 31.2 Å². The first-order valence-corrected chi connectivity index (χ1v) is 5.98. The standard InChI is InChI=1S/C13H9ClN4O/c1-8-11(6-15-7-16-8)13-17-12(18-19-13)9-2-4-10(14)5-3-9/h2-7H,1H3. The van der Waals surface area contributed by atoms with Crippen LogP contribution in [0.4, 0.5) is 0 Å². The topological polar surface area (TPSA) is 64.7 Å². The zero-order valence-electron chi connectivity index (χ0n) is 10.0. The minimum absolute atomic E-state index is 0.406. The van der Waals surface area contributed by atoms with Crippen molar-refractivity contribution in [3.8, 4) is 22.8 Å². The van der Waals surface area contributed by atoms with Crippen molar-refractivity contribution >= 4 is 11.6 Å². The predicted octanol–water partition coefficient (Wildman–Crippen LogP) is 3.16. The Balaban J connectivity index is 2.00. The van der Waals surface area contributed by atoms with Crippen molar-refractivity contribution in [1.82, 2.24) is 20.1 Å². The van der Waals surface area contributed by atoms with Gasteiger partial charge in [-0.2, -0.15) is 4.98 Å². The van der Waals surface area contributed by atoms with Gasteiger partial charge in [0.05, 0.1) is 11.3 Å². The zero-order valence-corrected chi connectivity index (χ0v) is 10.8. The molecular formula is C13H9ClN4O. The summed E-state index contributed by atoms with van der Waals surface area (Å²) in [5.41, 5.74) is 2.37. The van der Waals surface area contributed by atoms with Crippen molar-refractivity contribution in [2.45, 2.75) is 6.92 Å². The van der Waals surface area contributed by atoms with E-state index in [1.165, 1.54) is 6.33 Å². The van der Waals surface area contributed by atoms with E-state index in [2.05, 4.69) is 20.1 Å². The van der Waals surface area contributed by atoms with Crippen LogP contribution in [-0.2, 0) is 0 Å². The van der Waals surface area contributed by atoms with E-state index in [1.54, 1.807) is 18.3 Å². The number of halogens is 1. The van der Waals surface area contributed by atoms with Gasteiger partial charge in [0.15, 0.2) is 0 Å². The van der Waals surface area contributed by atoms with Gasteiger partial charge >= 0.3 is 0 Å². The zero-order chi connectivity index (χ0) is 13.2. The molecule has 0 aliphatic carbocycles. The summed E-state index contributed by atoms with van der Waals surface area (Å²) < 4.78 is 5.24. The van der Waals surface area contributed by atoms with E-state index >= 15 is 0 Å².